The molecule has 0 saturated heterocycles. The number of hydrogen-bond acceptors (Lipinski definition) is 3. The third kappa shape index (κ3) is 3.47. The minimum atomic E-state index is 0.487. The average Bonchev–Trinajstić information content (AvgIpc) is 2.40. The highest BCUT2D eigenvalue weighted by molar-refractivity contribution is 5.62. The number of para-hydroxylation sites is 1. The molecule has 0 aliphatic rings. The van der Waals surface area contributed by atoms with Crippen molar-refractivity contribution in [2.24, 2.45) is 0 Å². The molecular weight excluding hydrogens is 234 g/mol. The summed E-state index contributed by atoms with van der Waals surface area (Å²) in [5.74, 6) is 2.25. The van der Waals surface area contributed by atoms with E-state index in [1.165, 1.54) is 5.56 Å². The van der Waals surface area contributed by atoms with Crippen LogP contribution >= 0.6 is 0 Å². The summed E-state index contributed by atoms with van der Waals surface area (Å²) < 4.78 is 0. The Morgan fingerprint density at radius 2 is 1.74 bits per heavy atom. The normalized spacial score (nSPS) is 10.5. The van der Waals surface area contributed by atoms with Crippen molar-refractivity contribution >= 4 is 17.3 Å². The third-order valence-corrected chi connectivity index (χ3v) is 2.95. The quantitative estimate of drug-likeness (QED) is 0.832. The van der Waals surface area contributed by atoms with Gasteiger partial charge in [0.05, 0.1) is 0 Å². The summed E-state index contributed by atoms with van der Waals surface area (Å²) in [4.78, 5) is 4.54. The summed E-state index contributed by atoms with van der Waals surface area (Å²) in [6, 6.07) is 14.3. The second-order valence-electron chi connectivity index (χ2n) is 4.81. The van der Waals surface area contributed by atoms with Crippen molar-refractivity contribution in [3.63, 3.8) is 0 Å². The first-order chi connectivity index (χ1) is 9.20. The number of pyridine rings is 1. The van der Waals surface area contributed by atoms with Crippen LogP contribution in [0.1, 0.15) is 32.3 Å². The van der Waals surface area contributed by atoms with E-state index in [1.807, 2.05) is 24.3 Å². The Balaban J connectivity index is 2.23. The molecule has 0 aliphatic carbocycles. The molecule has 19 heavy (non-hydrogen) atoms. The van der Waals surface area contributed by atoms with Gasteiger partial charge in [0, 0.05) is 12.2 Å². The molecule has 2 rings (SSSR count). The first kappa shape index (κ1) is 13.4. The zero-order chi connectivity index (χ0) is 13.7. The summed E-state index contributed by atoms with van der Waals surface area (Å²) in [5, 5.41) is 6.62. The van der Waals surface area contributed by atoms with Crippen LogP contribution in [-0.4, -0.2) is 11.5 Å². The molecule has 0 saturated carbocycles. The largest absolute Gasteiger partial charge is 0.370 e. The Kier molecular flexibility index (Phi) is 4.39. The topological polar surface area (TPSA) is 37.0 Å². The summed E-state index contributed by atoms with van der Waals surface area (Å²) in [5.41, 5.74) is 2.43. The van der Waals surface area contributed by atoms with E-state index in [2.05, 4.69) is 54.6 Å². The lowest BCUT2D eigenvalue weighted by molar-refractivity contribution is 0.869. The van der Waals surface area contributed by atoms with Gasteiger partial charge >= 0.3 is 0 Å². The van der Waals surface area contributed by atoms with Crippen LogP contribution in [0.25, 0.3) is 0 Å². The molecule has 0 bridgehead atoms. The highest BCUT2D eigenvalue weighted by Crippen LogP contribution is 2.26. The SMILES string of the molecule is CCNc1cccc(Nc2ccccc2C(C)C)n1. The molecule has 2 aromatic rings. The molecule has 1 aromatic carbocycles. The van der Waals surface area contributed by atoms with Gasteiger partial charge in [-0.25, -0.2) is 4.98 Å². The lowest BCUT2D eigenvalue weighted by atomic mass is 10.0. The van der Waals surface area contributed by atoms with E-state index in [0.717, 1.165) is 23.9 Å². The molecule has 2 N–H and O–H groups in total. The molecule has 0 unspecified atom stereocenters. The molecule has 0 spiro atoms. The fourth-order valence-corrected chi connectivity index (χ4v) is 2.04. The van der Waals surface area contributed by atoms with Crippen LogP contribution in [0.4, 0.5) is 17.3 Å². The third-order valence-electron chi connectivity index (χ3n) is 2.95. The van der Waals surface area contributed by atoms with Crippen LogP contribution < -0.4 is 10.6 Å². The van der Waals surface area contributed by atoms with E-state index in [4.69, 9.17) is 0 Å². The van der Waals surface area contributed by atoms with Crippen LogP contribution in [0, 0.1) is 0 Å². The minimum absolute atomic E-state index is 0.487. The van der Waals surface area contributed by atoms with Crippen molar-refractivity contribution in [2.75, 3.05) is 17.2 Å². The average molecular weight is 255 g/mol. The standard InChI is InChI=1S/C16H21N3/c1-4-17-15-10-7-11-16(19-15)18-14-9-6-5-8-13(14)12(2)3/h5-12H,4H2,1-3H3,(H2,17,18,19). The van der Waals surface area contributed by atoms with E-state index in [1.54, 1.807) is 0 Å². The van der Waals surface area contributed by atoms with Crippen molar-refractivity contribution in [3.05, 3.63) is 48.0 Å². The maximum Gasteiger partial charge on any atom is 0.132 e. The van der Waals surface area contributed by atoms with Gasteiger partial charge in [-0.1, -0.05) is 38.1 Å². The van der Waals surface area contributed by atoms with E-state index in [9.17, 15) is 0 Å². The monoisotopic (exact) mass is 255 g/mol. The Morgan fingerprint density at radius 1 is 1.00 bits per heavy atom. The van der Waals surface area contributed by atoms with Gasteiger partial charge in [0.15, 0.2) is 0 Å². The zero-order valence-electron chi connectivity index (χ0n) is 11.8. The molecule has 0 amide bonds. The summed E-state index contributed by atoms with van der Waals surface area (Å²) in [6.45, 7) is 7.33. The minimum Gasteiger partial charge on any atom is -0.370 e. The van der Waals surface area contributed by atoms with Crippen LogP contribution in [0.15, 0.2) is 42.5 Å². The summed E-state index contributed by atoms with van der Waals surface area (Å²) in [6.07, 6.45) is 0. The lowest BCUT2D eigenvalue weighted by Gasteiger charge is -2.14. The molecule has 1 aromatic heterocycles. The first-order valence-electron chi connectivity index (χ1n) is 6.77. The van der Waals surface area contributed by atoms with Gasteiger partial charge in [-0.2, -0.15) is 0 Å². The van der Waals surface area contributed by atoms with Gasteiger partial charge in [-0.3, -0.25) is 0 Å². The predicted octanol–water partition coefficient (Wildman–Crippen LogP) is 4.38. The van der Waals surface area contributed by atoms with Crippen molar-refractivity contribution in [3.8, 4) is 0 Å². The number of aromatic nitrogens is 1. The molecular formula is C16H21N3. The Morgan fingerprint density at radius 3 is 2.47 bits per heavy atom. The van der Waals surface area contributed by atoms with Gasteiger partial charge in [0.25, 0.3) is 0 Å². The lowest BCUT2D eigenvalue weighted by Crippen LogP contribution is -2.02. The molecule has 0 atom stereocenters. The van der Waals surface area contributed by atoms with Crippen molar-refractivity contribution in [1.82, 2.24) is 4.98 Å². The van der Waals surface area contributed by atoms with Gasteiger partial charge in [0.2, 0.25) is 0 Å². The molecule has 3 heteroatoms. The number of nitrogens with zero attached hydrogens (tertiary/aromatic N) is 1. The first-order valence-corrected chi connectivity index (χ1v) is 6.77. The zero-order valence-corrected chi connectivity index (χ0v) is 11.8. The number of anilines is 3. The molecule has 0 radical (unpaired) electrons. The van der Waals surface area contributed by atoms with Crippen molar-refractivity contribution in [2.45, 2.75) is 26.7 Å². The number of nitrogens with one attached hydrogen (secondary N) is 2. The summed E-state index contributed by atoms with van der Waals surface area (Å²) in [7, 11) is 0. The summed E-state index contributed by atoms with van der Waals surface area (Å²) >= 11 is 0. The van der Waals surface area contributed by atoms with Crippen LogP contribution in [0.2, 0.25) is 0 Å². The van der Waals surface area contributed by atoms with Crippen molar-refractivity contribution in [1.29, 1.82) is 0 Å². The fourth-order valence-electron chi connectivity index (χ4n) is 2.04. The second kappa shape index (κ2) is 6.23. The Labute approximate surface area is 115 Å². The van der Waals surface area contributed by atoms with Crippen LogP contribution in [0.5, 0.6) is 0 Å². The second-order valence-corrected chi connectivity index (χ2v) is 4.81. The van der Waals surface area contributed by atoms with E-state index >= 15 is 0 Å². The Hall–Kier alpha value is -2.03. The van der Waals surface area contributed by atoms with E-state index in [0.29, 0.717) is 5.92 Å². The van der Waals surface area contributed by atoms with Gasteiger partial charge in [0.1, 0.15) is 11.6 Å². The maximum atomic E-state index is 4.54. The van der Waals surface area contributed by atoms with E-state index < -0.39 is 0 Å². The van der Waals surface area contributed by atoms with Gasteiger partial charge < -0.3 is 10.6 Å². The number of hydrogen-bond donors (Lipinski definition) is 2. The van der Waals surface area contributed by atoms with Gasteiger partial charge in [-0.15, -0.1) is 0 Å². The van der Waals surface area contributed by atoms with Crippen LogP contribution in [-0.2, 0) is 0 Å². The molecule has 100 valence electrons. The smallest absolute Gasteiger partial charge is 0.132 e. The highest BCUT2D eigenvalue weighted by Gasteiger charge is 2.06. The fraction of sp³-hybridized carbons (Fsp3) is 0.312. The Bertz CT molecular complexity index is 535. The molecule has 0 fully saturated rings. The van der Waals surface area contributed by atoms with Gasteiger partial charge in [-0.05, 0) is 36.6 Å². The molecule has 1 heterocycles. The molecule has 0 aliphatic heterocycles. The maximum absolute atomic E-state index is 4.54. The number of benzene rings is 1. The van der Waals surface area contributed by atoms with Crippen LogP contribution in [0.3, 0.4) is 0 Å². The molecule has 3 nitrogen and oxygen atoms in total. The predicted molar refractivity (Wildman–Crippen MR) is 82.2 cm³/mol. The number of rotatable bonds is 5. The van der Waals surface area contributed by atoms with Crippen molar-refractivity contribution < 1.29 is 0 Å². The highest BCUT2D eigenvalue weighted by atomic mass is 15.1. The van der Waals surface area contributed by atoms with E-state index in [-0.39, 0.29) is 0 Å².